The highest BCUT2D eigenvalue weighted by Crippen LogP contribution is 2.09. The van der Waals surface area contributed by atoms with Crippen LogP contribution in [-0.4, -0.2) is 19.5 Å². The lowest BCUT2D eigenvalue weighted by Gasteiger charge is -2.05. The number of hydrogen-bond donors (Lipinski definition) is 1. The van der Waals surface area contributed by atoms with Crippen LogP contribution in [0.2, 0.25) is 0 Å². The molecule has 0 spiro atoms. The van der Waals surface area contributed by atoms with Crippen molar-refractivity contribution in [1.82, 2.24) is 14.5 Å². The lowest BCUT2D eigenvalue weighted by atomic mass is 10.2. The van der Waals surface area contributed by atoms with E-state index >= 15 is 0 Å². The van der Waals surface area contributed by atoms with Gasteiger partial charge in [-0.1, -0.05) is 12.2 Å². The summed E-state index contributed by atoms with van der Waals surface area (Å²) >= 11 is 4.94. The van der Waals surface area contributed by atoms with Crippen molar-refractivity contribution in [2.45, 2.75) is 6.92 Å². The Labute approximate surface area is 92.8 Å². The molecule has 2 aromatic rings. The highest BCUT2D eigenvalue weighted by molar-refractivity contribution is 7.80. The molecule has 2 aromatic heterocycles. The first-order valence-electron chi connectivity index (χ1n) is 4.43. The van der Waals surface area contributed by atoms with Gasteiger partial charge >= 0.3 is 0 Å². The number of aromatic nitrogens is 3. The quantitative estimate of drug-likeness (QED) is 0.770. The Bertz CT molecular complexity index is 490. The maximum atomic E-state index is 5.58. The van der Waals surface area contributed by atoms with Crippen LogP contribution in [0.15, 0.2) is 30.9 Å². The zero-order valence-electron chi connectivity index (χ0n) is 8.21. The molecule has 0 aromatic carbocycles. The second-order valence-corrected chi connectivity index (χ2v) is 3.63. The third-order valence-electron chi connectivity index (χ3n) is 1.99. The monoisotopic (exact) mass is 218 g/mol. The molecule has 0 saturated carbocycles. The molecule has 76 valence electrons. The van der Waals surface area contributed by atoms with E-state index in [0.717, 1.165) is 17.1 Å². The van der Waals surface area contributed by atoms with Gasteiger partial charge < -0.3 is 5.73 Å². The molecule has 0 bridgehead atoms. The Kier molecular flexibility index (Phi) is 2.47. The van der Waals surface area contributed by atoms with Gasteiger partial charge in [-0.3, -0.25) is 4.57 Å². The van der Waals surface area contributed by atoms with E-state index in [1.165, 1.54) is 0 Å². The van der Waals surface area contributed by atoms with E-state index in [1.807, 2.05) is 29.8 Å². The standard InChI is InChI=1S/C10H10N4S/c1-7-4-8(10(11)15)5-9(13-7)14-3-2-12-6-14/h2-6H,1H3,(H2,11,15). The maximum Gasteiger partial charge on any atom is 0.138 e. The molecule has 0 fully saturated rings. The van der Waals surface area contributed by atoms with Gasteiger partial charge in [0.2, 0.25) is 0 Å². The zero-order chi connectivity index (χ0) is 10.8. The van der Waals surface area contributed by atoms with Gasteiger partial charge in [-0.2, -0.15) is 0 Å². The van der Waals surface area contributed by atoms with Crippen molar-refractivity contribution < 1.29 is 0 Å². The van der Waals surface area contributed by atoms with E-state index in [4.69, 9.17) is 18.0 Å². The minimum Gasteiger partial charge on any atom is -0.389 e. The van der Waals surface area contributed by atoms with E-state index in [1.54, 1.807) is 12.5 Å². The molecule has 15 heavy (non-hydrogen) atoms. The van der Waals surface area contributed by atoms with Gasteiger partial charge in [-0.15, -0.1) is 0 Å². The van der Waals surface area contributed by atoms with Crippen molar-refractivity contribution in [3.63, 3.8) is 0 Å². The molecule has 2 heterocycles. The van der Waals surface area contributed by atoms with E-state index in [-0.39, 0.29) is 0 Å². The number of imidazole rings is 1. The zero-order valence-corrected chi connectivity index (χ0v) is 9.03. The molecule has 2 rings (SSSR count). The lowest BCUT2D eigenvalue weighted by Crippen LogP contribution is -2.11. The summed E-state index contributed by atoms with van der Waals surface area (Å²) in [6.45, 7) is 1.90. The Balaban J connectivity index is 2.54. The highest BCUT2D eigenvalue weighted by atomic mass is 32.1. The fraction of sp³-hybridized carbons (Fsp3) is 0.100. The maximum absolute atomic E-state index is 5.58. The molecule has 0 aliphatic carbocycles. The van der Waals surface area contributed by atoms with Crippen LogP contribution in [0.4, 0.5) is 0 Å². The third kappa shape index (κ3) is 2.02. The molecule has 0 radical (unpaired) electrons. The first-order chi connectivity index (χ1) is 7.16. The molecule has 2 N–H and O–H groups in total. The summed E-state index contributed by atoms with van der Waals surface area (Å²) in [7, 11) is 0. The largest absolute Gasteiger partial charge is 0.389 e. The summed E-state index contributed by atoms with van der Waals surface area (Å²) in [4.78, 5) is 8.70. The summed E-state index contributed by atoms with van der Waals surface area (Å²) in [6.07, 6.45) is 5.21. The van der Waals surface area contributed by atoms with Crippen LogP contribution in [0.5, 0.6) is 0 Å². The van der Waals surface area contributed by atoms with Crippen LogP contribution in [0.3, 0.4) is 0 Å². The molecule has 5 heteroatoms. The number of nitrogens with zero attached hydrogens (tertiary/aromatic N) is 3. The predicted octanol–water partition coefficient (Wildman–Crippen LogP) is 1.21. The Hall–Kier alpha value is -1.75. The van der Waals surface area contributed by atoms with Crippen molar-refractivity contribution in [3.05, 3.63) is 42.1 Å². The van der Waals surface area contributed by atoms with E-state index in [2.05, 4.69) is 9.97 Å². The molecule has 4 nitrogen and oxygen atoms in total. The number of hydrogen-bond acceptors (Lipinski definition) is 3. The number of rotatable bonds is 2. The van der Waals surface area contributed by atoms with Gasteiger partial charge in [0.1, 0.15) is 17.1 Å². The van der Waals surface area contributed by atoms with Gasteiger partial charge in [0.05, 0.1) is 0 Å². The first kappa shape index (κ1) is 9.79. The molecule has 0 saturated heterocycles. The van der Waals surface area contributed by atoms with E-state index < -0.39 is 0 Å². The molecule has 0 aliphatic rings. The molecule has 0 aliphatic heterocycles. The van der Waals surface area contributed by atoms with E-state index in [0.29, 0.717) is 4.99 Å². The fourth-order valence-electron chi connectivity index (χ4n) is 1.32. The van der Waals surface area contributed by atoms with Gasteiger partial charge in [0, 0.05) is 23.7 Å². The van der Waals surface area contributed by atoms with Crippen LogP contribution in [0, 0.1) is 6.92 Å². The van der Waals surface area contributed by atoms with Gasteiger partial charge in [-0.05, 0) is 19.1 Å². The Morgan fingerprint density at radius 1 is 1.47 bits per heavy atom. The van der Waals surface area contributed by atoms with Crippen molar-refractivity contribution >= 4 is 17.2 Å². The lowest BCUT2D eigenvalue weighted by molar-refractivity contribution is 0.974. The van der Waals surface area contributed by atoms with Crippen molar-refractivity contribution in [3.8, 4) is 5.82 Å². The summed E-state index contributed by atoms with van der Waals surface area (Å²) in [6, 6.07) is 3.71. The van der Waals surface area contributed by atoms with Crippen LogP contribution in [0.25, 0.3) is 5.82 Å². The second kappa shape index (κ2) is 3.78. The molecular formula is C10H10N4S. The van der Waals surface area contributed by atoms with Crippen molar-refractivity contribution in [2.75, 3.05) is 0 Å². The first-order valence-corrected chi connectivity index (χ1v) is 4.84. The van der Waals surface area contributed by atoms with Gasteiger partial charge in [-0.25, -0.2) is 9.97 Å². The Morgan fingerprint density at radius 2 is 2.27 bits per heavy atom. The minimum atomic E-state index is 0.377. The summed E-state index contributed by atoms with van der Waals surface area (Å²) < 4.78 is 1.81. The highest BCUT2D eigenvalue weighted by Gasteiger charge is 2.03. The van der Waals surface area contributed by atoms with Crippen LogP contribution in [0.1, 0.15) is 11.3 Å². The average Bonchev–Trinajstić information content (AvgIpc) is 2.69. The molecular weight excluding hydrogens is 208 g/mol. The molecule has 0 atom stereocenters. The smallest absolute Gasteiger partial charge is 0.138 e. The second-order valence-electron chi connectivity index (χ2n) is 3.19. The topological polar surface area (TPSA) is 56.7 Å². The number of pyridine rings is 1. The molecule has 0 amide bonds. The van der Waals surface area contributed by atoms with Crippen LogP contribution >= 0.6 is 12.2 Å². The van der Waals surface area contributed by atoms with Crippen molar-refractivity contribution in [2.24, 2.45) is 5.73 Å². The van der Waals surface area contributed by atoms with Crippen LogP contribution in [-0.2, 0) is 0 Å². The summed E-state index contributed by atoms with van der Waals surface area (Å²) in [5.74, 6) is 0.773. The SMILES string of the molecule is Cc1cc(C(N)=S)cc(-n2ccnc2)n1. The molecule has 0 unspecified atom stereocenters. The van der Waals surface area contributed by atoms with Crippen LogP contribution < -0.4 is 5.73 Å². The van der Waals surface area contributed by atoms with Gasteiger partial charge in [0.15, 0.2) is 0 Å². The number of thiocarbonyl (C=S) groups is 1. The fourth-order valence-corrected chi connectivity index (χ4v) is 1.44. The average molecular weight is 218 g/mol. The summed E-state index contributed by atoms with van der Waals surface area (Å²) in [5.41, 5.74) is 7.28. The minimum absolute atomic E-state index is 0.377. The van der Waals surface area contributed by atoms with E-state index in [9.17, 15) is 0 Å². The van der Waals surface area contributed by atoms with Crippen molar-refractivity contribution in [1.29, 1.82) is 0 Å². The predicted molar refractivity (Wildman–Crippen MR) is 62.0 cm³/mol. The van der Waals surface area contributed by atoms with Gasteiger partial charge in [0.25, 0.3) is 0 Å². The number of aryl methyl sites for hydroxylation is 1. The Morgan fingerprint density at radius 3 is 2.87 bits per heavy atom. The number of nitrogens with two attached hydrogens (primary N) is 1. The normalized spacial score (nSPS) is 10.2. The third-order valence-corrected chi connectivity index (χ3v) is 2.23. The summed E-state index contributed by atoms with van der Waals surface area (Å²) in [5, 5.41) is 0.